The number of carboxylic acid groups (broad SMARTS) is 1. The fraction of sp³-hybridized carbons (Fsp3) is 0.158. The van der Waals surface area contributed by atoms with E-state index >= 15 is 0 Å². The molecule has 0 aliphatic carbocycles. The Morgan fingerprint density at radius 1 is 1.16 bits per heavy atom. The third-order valence-electron chi connectivity index (χ3n) is 3.41. The van der Waals surface area contributed by atoms with Gasteiger partial charge in [-0.15, -0.1) is 0 Å². The molecule has 0 spiro atoms. The first-order chi connectivity index (χ1) is 11.9. The molecule has 6 heteroatoms. The maximum absolute atomic E-state index is 12.3. The molecule has 130 valence electrons. The minimum atomic E-state index is -1.05. The molecule has 0 amide bonds. The second-order valence-corrected chi connectivity index (χ2v) is 6.12. The number of allylic oxidation sites excluding steroid dienone is 1. The Kier molecular flexibility index (Phi) is 6.36. The van der Waals surface area contributed by atoms with Crippen molar-refractivity contribution in [2.75, 3.05) is 7.11 Å². The van der Waals surface area contributed by atoms with Crippen LogP contribution in [0.25, 0.3) is 6.08 Å². The molecule has 2 aromatic rings. The number of halogens is 1. The van der Waals surface area contributed by atoms with Crippen molar-refractivity contribution < 1.29 is 24.2 Å². The molecule has 1 atom stereocenters. The summed E-state index contributed by atoms with van der Waals surface area (Å²) in [5.74, 6) is -0.173. The third kappa shape index (κ3) is 5.19. The first kappa shape index (κ1) is 18.7. The molecule has 0 saturated heterocycles. The van der Waals surface area contributed by atoms with Gasteiger partial charge in [0.25, 0.3) is 0 Å². The molecule has 0 heterocycles. The fourth-order valence-electron chi connectivity index (χ4n) is 2.05. The van der Waals surface area contributed by atoms with Gasteiger partial charge in [-0.2, -0.15) is 0 Å². The molecular weight excluding hydrogens is 388 g/mol. The van der Waals surface area contributed by atoms with Crippen molar-refractivity contribution in [3.8, 4) is 11.5 Å². The van der Waals surface area contributed by atoms with E-state index in [1.54, 1.807) is 37.5 Å². The number of ketones is 1. The third-order valence-corrected chi connectivity index (χ3v) is 3.90. The van der Waals surface area contributed by atoms with Crippen molar-refractivity contribution in [3.63, 3.8) is 0 Å². The van der Waals surface area contributed by atoms with Gasteiger partial charge in [0.1, 0.15) is 11.5 Å². The molecule has 0 aliphatic heterocycles. The minimum Gasteiger partial charge on any atom is -0.496 e. The Bertz CT molecular complexity index is 796. The van der Waals surface area contributed by atoms with E-state index in [1.165, 1.54) is 13.0 Å². The lowest BCUT2D eigenvalue weighted by Gasteiger charge is -2.10. The van der Waals surface area contributed by atoms with E-state index in [0.717, 1.165) is 10.0 Å². The predicted octanol–water partition coefficient (Wildman–Crippen LogP) is 4.21. The van der Waals surface area contributed by atoms with Gasteiger partial charge in [0.05, 0.1) is 7.11 Å². The van der Waals surface area contributed by atoms with E-state index in [9.17, 15) is 9.59 Å². The molecule has 0 fully saturated rings. The molecule has 1 N–H and O–H groups in total. The van der Waals surface area contributed by atoms with Crippen LogP contribution in [0.3, 0.4) is 0 Å². The molecule has 2 aromatic carbocycles. The van der Waals surface area contributed by atoms with Gasteiger partial charge in [0, 0.05) is 15.6 Å². The van der Waals surface area contributed by atoms with E-state index in [4.69, 9.17) is 14.6 Å². The molecule has 0 saturated carbocycles. The Balaban J connectivity index is 2.11. The number of carbonyl (C=O) groups is 2. The summed E-state index contributed by atoms with van der Waals surface area (Å²) in [5.41, 5.74) is 1.25. The molecule has 0 aromatic heterocycles. The zero-order valence-electron chi connectivity index (χ0n) is 13.7. The van der Waals surface area contributed by atoms with Gasteiger partial charge in [-0.3, -0.25) is 4.79 Å². The highest BCUT2D eigenvalue weighted by Gasteiger charge is 2.12. The van der Waals surface area contributed by atoms with E-state index in [-0.39, 0.29) is 5.78 Å². The van der Waals surface area contributed by atoms with Crippen LogP contribution in [-0.2, 0) is 4.79 Å². The van der Waals surface area contributed by atoms with Crippen LogP contribution < -0.4 is 9.47 Å². The smallest absolute Gasteiger partial charge is 0.344 e. The van der Waals surface area contributed by atoms with Gasteiger partial charge >= 0.3 is 5.97 Å². The molecule has 2 rings (SSSR count). The molecule has 5 nitrogen and oxygen atoms in total. The van der Waals surface area contributed by atoms with Crippen LogP contribution in [-0.4, -0.2) is 30.1 Å². The van der Waals surface area contributed by atoms with Gasteiger partial charge < -0.3 is 14.6 Å². The Hall–Kier alpha value is -2.60. The normalized spacial score (nSPS) is 12.0. The van der Waals surface area contributed by atoms with E-state index in [2.05, 4.69) is 15.9 Å². The zero-order valence-corrected chi connectivity index (χ0v) is 15.3. The summed E-state index contributed by atoms with van der Waals surface area (Å²) < 4.78 is 11.4. The highest BCUT2D eigenvalue weighted by molar-refractivity contribution is 9.10. The first-order valence-corrected chi connectivity index (χ1v) is 8.25. The van der Waals surface area contributed by atoms with E-state index < -0.39 is 12.1 Å². The highest BCUT2D eigenvalue weighted by atomic mass is 79.9. The topological polar surface area (TPSA) is 72.8 Å². The van der Waals surface area contributed by atoms with E-state index in [1.807, 2.05) is 18.2 Å². The number of carboxylic acids is 1. The van der Waals surface area contributed by atoms with Crippen LogP contribution in [0.5, 0.6) is 11.5 Å². The lowest BCUT2D eigenvalue weighted by atomic mass is 10.1. The second kappa shape index (κ2) is 8.48. The van der Waals surface area contributed by atoms with Gasteiger partial charge in [-0.1, -0.05) is 15.9 Å². The van der Waals surface area contributed by atoms with Crippen LogP contribution in [0.2, 0.25) is 0 Å². The highest BCUT2D eigenvalue weighted by Crippen LogP contribution is 2.24. The van der Waals surface area contributed by atoms with Crippen molar-refractivity contribution in [2.24, 2.45) is 0 Å². The summed E-state index contributed by atoms with van der Waals surface area (Å²) in [5, 5.41) is 8.82. The van der Waals surface area contributed by atoms with Crippen LogP contribution in [0, 0.1) is 0 Å². The van der Waals surface area contributed by atoms with Gasteiger partial charge in [-0.05, 0) is 61.5 Å². The largest absolute Gasteiger partial charge is 0.496 e. The van der Waals surface area contributed by atoms with E-state index in [0.29, 0.717) is 17.1 Å². The Morgan fingerprint density at radius 2 is 1.84 bits per heavy atom. The summed E-state index contributed by atoms with van der Waals surface area (Å²) in [6.07, 6.45) is 2.19. The number of carbonyl (C=O) groups excluding carboxylic acids is 1. The maximum Gasteiger partial charge on any atom is 0.344 e. The van der Waals surface area contributed by atoms with Gasteiger partial charge in [0.15, 0.2) is 11.9 Å². The summed E-state index contributed by atoms with van der Waals surface area (Å²) in [6.45, 7) is 1.44. The lowest BCUT2D eigenvalue weighted by Crippen LogP contribution is -2.22. The number of hydrogen-bond acceptors (Lipinski definition) is 4. The molecule has 0 bridgehead atoms. The number of aliphatic carboxylic acids is 1. The average Bonchev–Trinajstić information content (AvgIpc) is 2.60. The standard InChI is InChI=1S/C19H17BrO5/c1-12(19(22)23)25-16-7-3-13(4-8-16)17(21)9-5-14-11-15(20)6-10-18(14)24-2/h3-12H,1-2H3,(H,22,23)/b9-5+. The van der Waals surface area contributed by atoms with Crippen LogP contribution >= 0.6 is 15.9 Å². The van der Waals surface area contributed by atoms with Crippen LogP contribution in [0.1, 0.15) is 22.8 Å². The van der Waals surface area contributed by atoms with Crippen molar-refractivity contribution >= 4 is 33.8 Å². The number of hydrogen-bond donors (Lipinski definition) is 1. The summed E-state index contributed by atoms with van der Waals surface area (Å²) >= 11 is 3.39. The number of methoxy groups -OCH3 is 1. The Morgan fingerprint density at radius 3 is 2.44 bits per heavy atom. The summed E-state index contributed by atoms with van der Waals surface area (Å²) in [7, 11) is 1.57. The molecule has 25 heavy (non-hydrogen) atoms. The number of ether oxygens (including phenoxy) is 2. The minimum absolute atomic E-state index is 0.181. The molecule has 0 aliphatic rings. The predicted molar refractivity (Wildman–Crippen MR) is 98.2 cm³/mol. The SMILES string of the molecule is COc1ccc(Br)cc1/C=C/C(=O)c1ccc(OC(C)C(=O)O)cc1. The molecular formula is C19H17BrO5. The lowest BCUT2D eigenvalue weighted by molar-refractivity contribution is -0.144. The van der Waals surface area contributed by atoms with Crippen molar-refractivity contribution in [3.05, 3.63) is 64.1 Å². The van der Waals surface area contributed by atoms with Crippen molar-refractivity contribution in [1.82, 2.24) is 0 Å². The van der Waals surface area contributed by atoms with Gasteiger partial charge in [0.2, 0.25) is 0 Å². The zero-order chi connectivity index (χ0) is 18.4. The van der Waals surface area contributed by atoms with Gasteiger partial charge in [-0.25, -0.2) is 4.79 Å². The van der Waals surface area contributed by atoms with Crippen LogP contribution in [0.15, 0.2) is 53.0 Å². The Labute approximate surface area is 154 Å². The first-order valence-electron chi connectivity index (χ1n) is 7.46. The molecule has 1 unspecified atom stereocenters. The number of benzene rings is 2. The number of rotatable bonds is 7. The molecule has 0 radical (unpaired) electrons. The van der Waals surface area contributed by atoms with Crippen molar-refractivity contribution in [2.45, 2.75) is 13.0 Å². The van der Waals surface area contributed by atoms with Crippen LogP contribution in [0.4, 0.5) is 0 Å². The quantitative estimate of drug-likeness (QED) is 0.552. The van der Waals surface area contributed by atoms with Crippen molar-refractivity contribution in [1.29, 1.82) is 0 Å². The maximum atomic E-state index is 12.3. The average molecular weight is 405 g/mol. The fourth-order valence-corrected chi connectivity index (χ4v) is 2.43. The summed E-state index contributed by atoms with van der Waals surface area (Å²) in [4.78, 5) is 23.0. The summed E-state index contributed by atoms with van der Waals surface area (Å²) in [6, 6.07) is 11.8. The monoisotopic (exact) mass is 404 g/mol. The second-order valence-electron chi connectivity index (χ2n) is 5.21.